The molecule has 4 nitrogen and oxygen atoms in total. The van der Waals surface area contributed by atoms with E-state index in [1.54, 1.807) is 0 Å². The maximum Gasteiger partial charge on any atom is 0.0541 e. The van der Waals surface area contributed by atoms with Crippen molar-refractivity contribution in [3.05, 3.63) is 388 Å². The highest BCUT2D eigenvalue weighted by atomic mass is 15.1. The van der Waals surface area contributed by atoms with Crippen molar-refractivity contribution in [3.63, 3.8) is 0 Å². The van der Waals surface area contributed by atoms with Crippen LogP contribution in [-0.4, -0.2) is 9.55 Å². The van der Waals surface area contributed by atoms with Crippen LogP contribution in [0.15, 0.2) is 376 Å². The van der Waals surface area contributed by atoms with Crippen LogP contribution in [-0.2, 0) is 0 Å². The zero-order valence-electron chi connectivity index (χ0n) is 62.2. The number of rotatable bonds is 14. The molecule has 22 rings (SSSR count). The second-order valence-electron chi connectivity index (χ2n) is 31.7. The third-order valence-corrected chi connectivity index (χ3v) is 25.5. The lowest BCUT2D eigenvalue weighted by Gasteiger charge is -2.27. The largest absolute Gasteiger partial charge is 0.311 e. The SMILES string of the molecule is c1ccc(-c2c3ccccc3c(-c3ccc(N(c4ccc(-c5cc6ccccc6c6ccccc56)cc4)c4ccc(C5CC6CCC5C6)cc4)cc3)c3ccccc23)cc1.c1ccc(-n2c3ccccc3c3cc(-c4ccc(N(c5ccc(-c6ccncc6)cc5)c5ccc(C6CC7CCC6C7)cc5)cc4)ccc32)cc1. The summed E-state index contributed by atoms with van der Waals surface area (Å²) in [6.07, 6.45) is 14.9. The quantitative estimate of drug-likeness (QED) is 0.0801. The molecule has 4 bridgehead atoms. The number of benzene rings is 16. The molecule has 4 heteroatoms. The van der Waals surface area contributed by atoms with E-state index in [1.165, 1.54) is 200 Å². The Balaban J connectivity index is 0.000000142. The number of hydrogen-bond acceptors (Lipinski definition) is 3. The Morgan fingerprint density at radius 1 is 0.252 bits per heavy atom. The van der Waals surface area contributed by atoms with Gasteiger partial charge in [0.25, 0.3) is 0 Å². The Morgan fingerprint density at radius 3 is 1.13 bits per heavy atom. The smallest absolute Gasteiger partial charge is 0.0541 e. The second kappa shape index (κ2) is 28.3. The summed E-state index contributed by atoms with van der Waals surface area (Å²) in [5.41, 5.74) is 25.9. The molecule has 6 atom stereocenters. The van der Waals surface area contributed by atoms with E-state index in [0.29, 0.717) is 5.92 Å². The van der Waals surface area contributed by atoms with Gasteiger partial charge in [0.15, 0.2) is 0 Å². The molecule has 0 saturated heterocycles. The van der Waals surface area contributed by atoms with Crippen LogP contribution in [0.4, 0.5) is 34.1 Å². The summed E-state index contributed by atoms with van der Waals surface area (Å²) in [4.78, 5) is 9.03. The van der Waals surface area contributed by atoms with Gasteiger partial charge in [-0.3, -0.25) is 4.98 Å². The molecule has 4 aliphatic carbocycles. The van der Waals surface area contributed by atoms with E-state index in [1.807, 2.05) is 12.4 Å². The Labute approximate surface area is 649 Å². The molecule has 18 aromatic rings. The van der Waals surface area contributed by atoms with Gasteiger partial charge in [0.05, 0.1) is 11.0 Å². The van der Waals surface area contributed by atoms with Gasteiger partial charge in [-0.2, -0.15) is 0 Å². The second-order valence-corrected chi connectivity index (χ2v) is 31.7. The van der Waals surface area contributed by atoms with Gasteiger partial charge in [-0.1, -0.05) is 255 Å². The zero-order chi connectivity index (χ0) is 73.3. The molecule has 4 aliphatic rings. The highest BCUT2D eigenvalue weighted by molar-refractivity contribution is 6.22. The molecule has 2 aromatic heterocycles. The maximum atomic E-state index is 4.21. The molecule has 0 radical (unpaired) electrons. The third-order valence-electron chi connectivity index (χ3n) is 25.5. The normalized spacial score (nSPS) is 17.6. The maximum absolute atomic E-state index is 4.21. The predicted octanol–water partition coefficient (Wildman–Crippen LogP) is 29.6. The van der Waals surface area contributed by atoms with E-state index in [0.717, 1.165) is 52.3 Å². The van der Waals surface area contributed by atoms with E-state index >= 15 is 0 Å². The Bertz CT molecular complexity index is 6390. The van der Waals surface area contributed by atoms with Gasteiger partial charge in [0.2, 0.25) is 0 Å². The summed E-state index contributed by atoms with van der Waals surface area (Å²) in [7, 11) is 0. The average molecular weight is 1430 g/mol. The Hall–Kier alpha value is -12.9. The third kappa shape index (κ3) is 12.1. The fraction of sp³-hybridized carbons (Fsp3) is 0.131. The molecule has 0 N–H and O–H groups in total. The van der Waals surface area contributed by atoms with Crippen LogP contribution < -0.4 is 9.80 Å². The van der Waals surface area contributed by atoms with Crippen LogP contribution in [0, 0.1) is 23.7 Å². The summed E-state index contributed by atoms with van der Waals surface area (Å²) in [5.74, 6) is 5.04. The summed E-state index contributed by atoms with van der Waals surface area (Å²) >= 11 is 0. The van der Waals surface area contributed by atoms with Gasteiger partial charge in [-0.05, 0) is 305 Å². The lowest BCUT2D eigenvalue weighted by Crippen LogP contribution is -2.11. The fourth-order valence-corrected chi connectivity index (χ4v) is 20.3. The fourth-order valence-electron chi connectivity index (χ4n) is 20.3. The molecule has 0 spiro atoms. The van der Waals surface area contributed by atoms with Crippen LogP contribution in [0.1, 0.15) is 74.3 Å². The summed E-state index contributed by atoms with van der Waals surface area (Å²) < 4.78 is 2.37. The van der Waals surface area contributed by atoms with Crippen molar-refractivity contribution in [1.82, 2.24) is 9.55 Å². The van der Waals surface area contributed by atoms with Crippen LogP contribution in [0.25, 0.3) is 126 Å². The van der Waals surface area contributed by atoms with Gasteiger partial charge in [0, 0.05) is 63.0 Å². The highest BCUT2D eigenvalue weighted by Gasteiger charge is 2.41. The standard InChI is InChI=1S/C59H45N.C48H39N3/c1-2-12-42(13-3-1)58-52-18-8-10-20-54(52)59(55-21-11-9-19-53(55)58)43-28-34-48(35-29-43)60(46-30-24-40(25-31-46)56-37-39-22-23-45(56)36-39)47-32-26-41(27-33-47)57-38-44-14-4-5-15-49(44)50-16-6-7-17-51(50)57;1-2-6-40(7-3-1)51-47-9-5-4-8-44(47)46-32-38(18-25-48(46)51)35-14-21-42(22-15-35)50(41-19-12-34(13-20-41)36-26-28-49-29-27-36)43-23-16-37(17-24-43)45-31-33-10-11-39(45)30-33/h1-21,24-35,38-39,45,56H,22-23,36-37H2;1-9,12-29,32-33,39,45H,10-11,30-31H2. The van der Waals surface area contributed by atoms with Crippen LogP contribution in [0.2, 0.25) is 0 Å². The van der Waals surface area contributed by atoms with E-state index < -0.39 is 0 Å². The molecule has 4 saturated carbocycles. The van der Waals surface area contributed by atoms with Crippen LogP contribution in [0.5, 0.6) is 0 Å². The van der Waals surface area contributed by atoms with Crippen molar-refractivity contribution >= 4 is 99.0 Å². The number of pyridine rings is 1. The van der Waals surface area contributed by atoms with Crippen molar-refractivity contribution in [3.8, 4) is 61.3 Å². The van der Waals surface area contributed by atoms with Gasteiger partial charge in [-0.25, -0.2) is 0 Å². The summed E-state index contributed by atoms with van der Waals surface area (Å²) in [5, 5.41) is 12.8. The van der Waals surface area contributed by atoms with Crippen molar-refractivity contribution in [2.75, 3.05) is 9.80 Å². The lowest BCUT2D eigenvalue weighted by atomic mass is 9.83. The molecule has 0 amide bonds. The van der Waals surface area contributed by atoms with Crippen molar-refractivity contribution in [1.29, 1.82) is 0 Å². The molecule has 16 aromatic carbocycles. The monoisotopic (exact) mass is 1420 g/mol. The topological polar surface area (TPSA) is 24.3 Å². The molecule has 0 aliphatic heterocycles. The van der Waals surface area contributed by atoms with Gasteiger partial charge in [-0.15, -0.1) is 0 Å². The lowest BCUT2D eigenvalue weighted by molar-refractivity contribution is 0.420. The van der Waals surface area contributed by atoms with Crippen molar-refractivity contribution in [2.24, 2.45) is 23.7 Å². The molecular formula is C107H84N4. The van der Waals surface area contributed by atoms with Crippen molar-refractivity contribution in [2.45, 2.75) is 63.2 Å². The first-order valence-corrected chi connectivity index (χ1v) is 40.1. The summed E-state index contributed by atoms with van der Waals surface area (Å²) in [6.45, 7) is 0. The minimum absolute atomic E-state index is 0.708. The molecule has 532 valence electrons. The average Bonchev–Trinajstić information content (AvgIpc) is 0.886. The van der Waals surface area contributed by atoms with Crippen LogP contribution >= 0.6 is 0 Å². The number of para-hydroxylation sites is 2. The number of fused-ring (bicyclic) bond motifs is 12. The van der Waals surface area contributed by atoms with Crippen LogP contribution in [0.3, 0.4) is 0 Å². The van der Waals surface area contributed by atoms with E-state index in [9.17, 15) is 0 Å². The molecule has 6 unspecified atom stereocenters. The Morgan fingerprint density at radius 2 is 0.631 bits per heavy atom. The number of aromatic nitrogens is 2. The predicted molar refractivity (Wildman–Crippen MR) is 468 cm³/mol. The van der Waals surface area contributed by atoms with Gasteiger partial charge >= 0.3 is 0 Å². The summed E-state index contributed by atoms with van der Waals surface area (Å²) in [6, 6.07) is 135. The minimum atomic E-state index is 0.708. The first-order chi connectivity index (χ1) is 55.0. The Kier molecular flexibility index (Phi) is 16.9. The highest BCUT2D eigenvalue weighted by Crippen LogP contribution is 2.55. The first kappa shape index (κ1) is 66.3. The molecule has 4 fully saturated rings. The van der Waals surface area contributed by atoms with Crippen molar-refractivity contribution < 1.29 is 0 Å². The van der Waals surface area contributed by atoms with Gasteiger partial charge < -0.3 is 14.4 Å². The molecule has 2 heterocycles. The number of nitrogens with zero attached hydrogens (tertiary/aromatic N) is 4. The van der Waals surface area contributed by atoms with Gasteiger partial charge in [0.1, 0.15) is 0 Å². The molecule has 111 heavy (non-hydrogen) atoms. The zero-order valence-corrected chi connectivity index (χ0v) is 62.2. The van der Waals surface area contributed by atoms with E-state index in [4.69, 9.17) is 0 Å². The first-order valence-electron chi connectivity index (χ1n) is 40.1. The minimum Gasteiger partial charge on any atom is -0.311 e. The molecular weight excluding hydrogens is 1340 g/mol. The number of anilines is 6. The number of hydrogen-bond donors (Lipinski definition) is 0. The van der Waals surface area contributed by atoms with E-state index in [-0.39, 0.29) is 0 Å². The van der Waals surface area contributed by atoms with E-state index in [2.05, 4.69) is 383 Å².